The molecule has 0 aromatic heterocycles. The molecule has 0 fully saturated rings. The first kappa shape index (κ1) is 18.2. The van der Waals surface area contributed by atoms with E-state index >= 15 is 0 Å². The SMILES string of the molecule is CC(C)NC[C@H](O)COc1ccc(OCCCN)cc1Br. The fourth-order valence-electron chi connectivity index (χ4n) is 1.58. The minimum absolute atomic E-state index is 0.242. The molecule has 0 radical (unpaired) electrons. The van der Waals surface area contributed by atoms with Gasteiger partial charge in [-0.2, -0.15) is 0 Å². The van der Waals surface area contributed by atoms with Crippen LogP contribution >= 0.6 is 15.9 Å². The molecule has 0 aliphatic carbocycles. The second kappa shape index (κ2) is 10.00. The number of rotatable bonds is 10. The Hall–Kier alpha value is -0.820. The molecule has 6 heteroatoms. The molecule has 0 heterocycles. The molecule has 120 valence electrons. The van der Waals surface area contributed by atoms with Crippen molar-refractivity contribution in [2.75, 3.05) is 26.3 Å². The fraction of sp³-hybridized carbons (Fsp3) is 0.600. The van der Waals surface area contributed by atoms with E-state index in [-0.39, 0.29) is 6.61 Å². The molecule has 4 N–H and O–H groups in total. The van der Waals surface area contributed by atoms with Gasteiger partial charge >= 0.3 is 0 Å². The number of benzene rings is 1. The summed E-state index contributed by atoms with van der Waals surface area (Å²) in [7, 11) is 0. The highest BCUT2D eigenvalue weighted by atomic mass is 79.9. The van der Waals surface area contributed by atoms with E-state index in [2.05, 4.69) is 21.2 Å². The van der Waals surface area contributed by atoms with Crippen molar-refractivity contribution in [2.24, 2.45) is 5.73 Å². The zero-order chi connectivity index (χ0) is 15.7. The molecule has 0 unspecified atom stereocenters. The summed E-state index contributed by atoms with van der Waals surface area (Å²) in [6.45, 7) is 6.04. The average Bonchev–Trinajstić information content (AvgIpc) is 2.44. The van der Waals surface area contributed by atoms with Crippen molar-refractivity contribution in [2.45, 2.75) is 32.4 Å². The highest BCUT2D eigenvalue weighted by Gasteiger charge is 2.08. The lowest BCUT2D eigenvalue weighted by molar-refractivity contribution is 0.104. The van der Waals surface area contributed by atoms with E-state index in [1.165, 1.54) is 0 Å². The van der Waals surface area contributed by atoms with E-state index in [1.54, 1.807) is 0 Å². The summed E-state index contributed by atoms with van der Waals surface area (Å²) in [5.41, 5.74) is 5.42. The molecule has 1 rings (SSSR count). The fourth-order valence-corrected chi connectivity index (χ4v) is 2.05. The summed E-state index contributed by atoms with van der Waals surface area (Å²) in [4.78, 5) is 0. The number of hydrogen-bond donors (Lipinski definition) is 3. The van der Waals surface area contributed by atoms with Gasteiger partial charge in [0.1, 0.15) is 24.2 Å². The molecule has 1 atom stereocenters. The summed E-state index contributed by atoms with van der Waals surface area (Å²) in [6.07, 6.45) is 0.282. The second-order valence-corrected chi connectivity index (χ2v) is 5.97. The van der Waals surface area contributed by atoms with Crippen LogP contribution in [-0.2, 0) is 0 Å². The molecule has 0 amide bonds. The van der Waals surface area contributed by atoms with E-state index in [9.17, 15) is 5.11 Å². The third-order valence-corrected chi connectivity index (χ3v) is 3.33. The van der Waals surface area contributed by atoms with Crippen LogP contribution in [0.5, 0.6) is 11.5 Å². The largest absolute Gasteiger partial charge is 0.494 e. The summed E-state index contributed by atoms with van der Waals surface area (Å²) in [6, 6.07) is 5.86. The van der Waals surface area contributed by atoms with Crippen LogP contribution in [0.1, 0.15) is 20.3 Å². The molecule has 0 spiro atoms. The second-order valence-electron chi connectivity index (χ2n) is 5.11. The van der Waals surface area contributed by atoms with Gasteiger partial charge < -0.3 is 25.6 Å². The van der Waals surface area contributed by atoms with Gasteiger partial charge in [-0.1, -0.05) is 13.8 Å². The van der Waals surface area contributed by atoms with Crippen LogP contribution in [0.2, 0.25) is 0 Å². The quantitative estimate of drug-likeness (QED) is 0.555. The number of ether oxygens (including phenoxy) is 2. The molecule has 0 saturated heterocycles. The zero-order valence-electron chi connectivity index (χ0n) is 12.6. The zero-order valence-corrected chi connectivity index (χ0v) is 14.2. The first-order valence-corrected chi connectivity index (χ1v) is 7.99. The Bertz CT molecular complexity index is 416. The van der Waals surface area contributed by atoms with Gasteiger partial charge in [0.15, 0.2) is 0 Å². The van der Waals surface area contributed by atoms with Gasteiger partial charge in [-0.25, -0.2) is 0 Å². The summed E-state index contributed by atoms with van der Waals surface area (Å²) in [5.74, 6) is 1.45. The van der Waals surface area contributed by atoms with Gasteiger partial charge in [0.05, 0.1) is 11.1 Å². The van der Waals surface area contributed by atoms with Gasteiger partial charge in [0, 0.05) is 12.6 Å². The summed E-state index contributed by atoms with van der Waals surface area (Å²) in [5, 5.41) is 13.0. The molecule has 0 bridgehead atoms. The predicted molar refractivity (Wildman–Crippen MR) is 87.9 cm³/mol. The van der Waals surface area contributed by atoms with E-state index in [1.807, 2.05) is 32.0 Å². The third kappa shape index (κ3) is 7.66. The smallest absolute Gasteiger partial charge is 0.133 e. The lowest BCUT2D eigenvalue weighted by Gasteiger charge is -2.16. The Kier molecular flexibility index (Phi) is 8.68. The normalized spacial score (nSPS) is 12.5. The Morgan fingerprint density at radius 3 is 2.71 bits per heavy atom. The van der Waals surface area contributed by atoms with E-state index in [4.69, 9.17) is 15.2 Å². The van der Waals surface area contributed by atoms with Gasteiger partial charge in [-0.3, -0.25) is 0 Å². The van der Waals surface area contributed by atoms with Crippen LogP contribution in [0.4, 0.5) is 0 Å². The molecular formula is C15H25BrN2O3. The maximum Gasteiger partial charge on any atom is 0.133 e. The van der Waals surface area contributed by atoms with Crippen molar-refractivity contribution in [3.05, 3.63) is 22.7 Å². The molecule has 21 heavy (non-hydrogen) atoms. The topological polar surface area (TPSA) is 76.7 Å². The Labute approximate surface area is 134 Å². The van der Waals surface area contributed by atoms with Crippen LogP contribution in [0, 0.1) is 0 Å². The Balaban J connectivity index is 2.41. The van der Waals surface area contributed by atoms with Crippen molar-refractivity contribution < 1.29 is 14.6 Å². The number of halogens is 1. The van der Waals surface area contributed by atoms with Crippen LogP contribution < -0.4 is 20.5 Å². The Morgan fingerprint density at radius 1 is 1.33 bits per heavy atom. The lowest BCUT2D eigenvalue weighted by atomic mass is 10.3. The Morgan fingerprint density at radius 2 is 2.10 bits per heavy atom. The highest BCUT2D eigenvalue weighted by Crippen LogP contribution is 2.29. The summed E-state index contributed by atoms with van der Waals surface area (Å²) >= 11 is 3.44. The van der Waals surface area contributed by atoms with Gasteiger partial charge in [0.25, 0.3) is 0 Å². The van der Waals surface area contributed by atoms with Gasteiger partial charge in [-0.15, -0.1) is 0 Å². The number of aliphatic hydroxyl groups excluding tert-OH is 1. The molecule has 5 nitrogen and oxygen atoms in total. The van der Waals surface area contributed by atoms with Crippen LogP contribution in [-0.4, -0.2) is 43.6 Å². The number of nitrogens with one attached hydrogen (secondary N) is 1. The average molecular weight is 361 g/mol. The van der Waals surface area contributed by atoms with E-state index in [0.717, 1.165) is 16.6 Å². The van der Waals surface area contributed by atoms with Crippen molar-refractivity contribution in [3.63, 3.8) is 0 Å². The minimum Gasteiger partial charge on any atom is -0.494 e. The first-order valence-electron chi connectivity index (χ1n) is 7.19. The maximum absolute atomic E-state index is 9.81. The monoisotopic (exact) mass is 360 g/mol. The lowest BCUT2D eigenvalue weighted by Crippen LogP contribution is -2.35. The van der Waals surface area contributed by atoms with Crippen LogP contribution in [0.3, 0.4) is 0 Å². The van der Waals surface area contributed by atoms with E-state index < -0.39 is 6.10 Å². The van der Waals surface area contributed by atoms with Gasteiger partial charge in [-0.05, 0) is 47.1 Å². The standard InChI is InChI=1S/C15H25BrN2O3/c1-11(2)18-9-12(19)10-21-15-5-4-13(8-14(15)16)20-7-3-6-17/h4-5,8,11-12,18-19H,3,6-7,9-10,17H2,1-2H3/t12-/m0/s1. The number of nitrogens with two attached hydrogens (primary N) is 1. The molecule has 1 aromatic carbocycles. The molecular weight excluding hydrogens is 336 g/mol. The van der Waals surface area contributed by atoms with E-state index in [0.29, 0.717) is 31.5 Å². The number of aliphatic hydroxyl groups is 1. The van der Waals surface area contributed by atoms with Crippen LogP contribution in [0.15, 0.2) is 22.7 Å². The minimum atomic E-state index is -0.542. The molecule has 0 saturated carbocycles. The molecule has 1 aromatic rings. The van der Waals surface area contributed by atoms with Crippen molar-refractivity contribution in [1.29, 1.82) is 0 Å². The third-order valence-electron chi connectivity index (χ3n) is 2.71. The first-order chi connectivity index (χ1) is 10.0. The number of hydrogen-bond acceptors (Lipinski definition) is 5. The maximum atomic E-state index is 9.81. The highest BCUT2D eigenvalue weighted by molar-refractivity contribution is 9.10. The van der Waals surface area contributed by atoms with Crippen LogP contribution in [0.25, 0.3) is 0 Å². The van der Waals surface area contributed by atoms with Crippen molar-refractivity contribution in [3.8, 4) is 11.5 Å². The summed E-state index contributed by atoms with van der Waals surface area (Å²) < 4.78 is 11.9. The van der Waals surface area contributed by atoms with Crippen molar-refractivity contribution >= 4 is 15.9 Å². The van der Waals surface area contributed by atoms with Gasteiger partial charge in [0.2, 0.25) is 0 Å². The predicted octanol–water partition coefficient (Wildman–Crippen LogP) is 1.91. The molecule has 0 aliphatic heterocycles. The molecule has 0 aliphatic rings. The van der Waals surface area contributed by atoms with Crippen molar-refractivity contribution in [1.82, 2.24) is 5.32 Å².